The van der Waals surface area contributed by atoms with Gasteiger partial charge in [0.05, 0.1) is 0 Å². The summed E-state index contributed by atoms with van der Waals surface area (Å²) in [5.74, 6) is 0.526. The van der Waals surface area contributed by atoms with E-state index >= 15 is 0 Å². The van der Waals surface area contributed by atoms with Crippen LogP contribution in [-0.4, -0.2) is 13.0 Å². The first kappa shape index (κ1) is 8.91. The first-order valence-electron chi connectivity index (χ1n) is 4.07. The Morgan fingerprint density at radius 2 is 2.09 bits per heavy atom. The van der Waals surface area contributed by atoms with Crippen LogP contribution in [-0.2, 0) is 0 Å². The van der Waals surface area contributed by atoms with Gasteiger partial charge in [0, 0.05) is 12.0 Å². The first-order chi connectivity index (χ1) is 5.08. The second-order valence-corrected chi connectivity index (χ2v) is 3.81. The largest absolute Gasteiger partial charge is 0.330 e. The average molecular weight is 163 g/mol. The maximum absolute atomic E-state index is 12.4. The predicted octanol–water partition coefficient (Wildman–Crippen LogP) is 2.02. The van der Waals surface area contributed by atoms with Crippen LogP contribution >= 0.6 is 0 Å². The lowest BCUT2D eigenvalue weighted by atomic mass is 9.85. The molecule has 1 nitrogen and oxygen atoms in total. The Labute approximate surface area is 66.0 Å². The Morgan fingerprint density at radius 3 is 2.36 bits per heavy atom. The van der Waals surface area contributed by atoms with E-state index in [9.17, 15) is 8.78 Å². The summed E-state index contributed by atoms with van der Waals surface area (Å²) < 4.78 is 24.8. The minimum absolute atomic E-state index is 0.0984. The van der Waals surface area contributed by atoms with Crippen molar-refractivity contribution < 1.29 is 8.78 Å². The van der Waals surface area contributed by atoms with Gasteiger partial charge in [-0.05, 0) is 12.3 Å². The number of halogens is 2. The molecule has 1 fully saturated rings. The summed E-state index contributed by atoms with van der Waals surface area (Å²) in [5, 5.41) is 0. The Balaban J connectivity index is 2.42. The first-order valence-corrected chi connectivity index (χ1v) is 4.07. The average Bonchev–Trinajstić information content (AvgIpc) is 2.71. The van der Waals surface area contributed by atoms with Crippen LogP contribution in [0.4, 0.5) is 8.78 Å². The SMILES string of the molecule is CC(CN)(CC1CC1)C(F)F. The number of alkyl halides is 2. The molecule has 0 aliphatic heterocycles. The fourth-order valence-electron chi connectivity index (χ4n) is 1.24. The van der Waals surface area contributed by atoms with Gasteiger partial charge in [-0.2, -0.15) is 0 Å². The molecule has 0 radical (unpaired) electrons. The quantitative estimate of drug-likeness (QED) is 0.674. The lowest BCUT2D eigenvalue weighted by Gasteiger charge is -2.26. The van der Waals surface area contributed by atoms with E-state index in [0.29, 0.717) is 12.3 Å². The summed E-state index contributed by atoms with van der Waals surface area (Å²) in [7, 11) is 0. The fraction of sp³-hybridized carbons (Fsp3) is 1.00. The summed E-state index contributed by atoms with van der Waals surface area (Å²) >= 11 is 0. The van der Waals surface area contributed by atoms with Gasteiger partial charge >= 0.3 is 0 Å². The van der Waals surface area contributed by atoms with E-state index in [1.54, 1.807) is 6.92 Å². The Kier molecular flexibility index (Phi) is 2.47. The maximum Gasteiger partial charge on any atom is 0.245 e. The van der Waals surface area contributed by atoms with Crippen molar-refractivity contribution in [2.75, 3.05) is 6.54 Å². The minimum atomic E-state index is -2.27. The molecule has 0 heterocycles. The van der Waals surface area contributed by atoms with Gasteiger partial charge in [0.2, 0.25) is 6.43 Å². The number of hydrogen-bond donors (Lipinski definition) is 1. The van der Waals surface area contributed by atoms with Gasteiger partial charge < -0.3 is 5.73 Å². The van der Waals surface area contributed by atoms with Gasteiger partial charge in [-0.15, -0.1) is 0 Å². The lowest BCUT2D eigenvalue weighted by Crippen LogP contribution is -2.34. The van der Waals surface area contributed by atoms with Crippen LogP contribution in [0.5, 0.6) is 0 Å². The van der Waals surface area contributed by atoms with E-state index in [2.05, 4.69) is 0 Å². The van der Waals surface area contributed by atoms with Gasteiger partial charge in [-0.25, -0.2) is 8.78 Å². The van der Waals surface area contributed by atoms with Crippen LogP contribution in [0.15, 0.2) is 0 Å². The third-order valence-corrected chi connectivity index (χ3v) is 2.45. The third kappa shape index (κ3) is 2.12. The highest BCUT2D eigenvalue weighted by Crippen LogP contribution is 2.42. The molecule has 1 aliphatic carbocycles. The van der Waals surface area contributed by atoms with E-state index in [0.717, 1.165) is 12.8 Å². The molecule has 1 unspecified atom stereocenters. The topological polar surface area (TPSA) is 26.0 Å². The van der Waals surface area contributed by atoms with Crippen LogP contribution in [0.25, 0.3) is 0 Å². The van der Waals surface area contributed by atoms with Gasteiger partial charge in [0.1, 0.15) is 0 Å². The molecular formula is C8H15F2N. The van der Waals surface area contributed by atoms with Crippen LogP contribution < -0.4 is 5.73 Å². The third-order valence-electron chi connectivity index (χ3n) is 2.45. The normalized spacial score (nSPS) is 23.7. The number of rotatable bonds is 4. The fourth-order valence-corrected chi connectivity index (χ4v) is 1.24. The highest BCUT2D eigenvalue weighted by Gasteiger charge is 2.39. The van der Waals surface area contributed by atoms with E-state index in [1.807, 2.05) is 0 Å². The second kappa shape index (κ2) is 3.05. The molecule has 0 amide bonds. The van der Waals surface area contributed by atoms with Crippen molar-refractivity contribution in [3.8, 4) is 0 Å². The molecular weight excluding hydrogens is 148 g/mol. The molecule has 0 bridgehead atoms. The van der Waals surface area contributed by atoms with E-state index in [1.165, 1.54) is 0 Å². The molecule has 1 saturated carbocycles. The molecule has 3 heteroatoms. The van der Waals surface area contributed by atoms with Gasteiger partial charge in [0.25, 0.3) is 0 Å². The zero-order valence-corrected chi connectivity index (χ0v) is 6.82. The monoisotopic (exact) mass is 163 g/mol. The van der Waals surface area contributed by atoms with Crippen molar-refractivity contribution in [3.05, 3.63) is 0 Å². The molecule has 0 spiro atoms. The summed E-state index contributed by atoms with van der Waals surface area (Å²) in [6.07, 6.45) is 0.555. The molecule has 0 aromatic carbocycles. The summed E-state index contributed by atoms with van der Waals surface area (Å²) in [6.45, 7) is 1.68. The van der Waals surface area contributed by atoms with Gasteiger partial charge in [0.15, 0.2) is 0 Å². The predicted molar refractivity (Wildman–Crippen MR) is 40.5 cm³/mol. The van der Waals surface area contributed by atoms with E-state index < -0.39 is 11.8 Å². The molecule has 11 heavy (non-hydrogen) atoms. The Bertz CT molecular complexity index is 134. The summed E-state index contributed by atoms with van der Waals surface area (Å²) in [4.78, 5) is 0. The zero-order chi connectivity index (χ0) is 8.48. The van der Waals surface area contributed by atoms with Crippen molar-refractivity contribution in [1.82, 2.24) is 0 Å². The smallest absolute Gasteiger partial charge is 0.245 e. The summed E-state index contributed by atoms with van der Waals surface area (Å²) in [6, 6.07) is 0. The van der Waals surface area contributed by atoms with Crippen molar-refractivity contribution in [2.45, 2.75) is 32.6 Å². The van der Waals surface area contributed by atoms with Gasteiger partial charge in [-0.3, -0.25) is 0 Å². The molecule has 0 aromatic rings. The minimum Gasteiger partial charge on any atom is -0.330 e. The molecule has 1 aliphatic rings. The lowest BCUT2D eigenvalue weighted by molar-refractivity contribution is 0.00365. The molecule has 1 rings (SSSR count). The maximum atomic E-state index is 12.4. The molecule has 0 saturated heterocycles. The summed E-state index contributed by atoms with van der Waals surface area (Å²) in [5.41, 5.74) is 4.37. The molecule has 2 N–H and O–H groups in total. The Morgan fingerprint density at radius 1 is 1.55 bits per heavy atom. The standard InChI is InChI=1S/C8H15F2N/c1-8(5-11,7(9)10)4-6-2-3-6/h6-7H,2-5,11H2,1H3. The zero-order valence-electron chi connectivity index (χ0n) is 6.82. The van der Waals surface area contributed by atoms with Crippen LogP contribution in [0.3, 0.4) is 0 Å². The number of hydrogen-bond acceptors (Lipinski definition) is 1. The van der Waals surface area contributed by atoms with Crippen molar-refractivity contribution in [2.24, 2.45) is 17.1 Å². The number of nitrogens with two attached hydrogens (primary N) is 1. The van der Waals surface area contributed by atoms with Gasteiger partial charge in [-0.1, -0.05) is 19.8 Å². The van der Waals surface area contributed by atoms with Crippen LogP contribution in [0, 0.1) is 11.3 Å². The van der Waals surface area contributed by atoms with Crippen LogP contribution in [0.1, 0.15) is 26.2 Å². The van der Waals surface area contributed by atoms with E-state index in [-0.39, 0.29) is 6.54 Å². The van der Waals surface area contributed by atoms with Crippen molar-refractivity contribution >= 4 is 0 Å². The highest BCUT2D eigenvalue weighted by molar-refractivity contribution is 4.86. The molecule has 0 aromatic heterocycles. The highest BCUT2D eigenvalue weighted by atomic mass is 19.3. The second-order valence-electron chi connectivity index (χ2n) is 3.81. The van der Waals surface area contributed by atoms with E-state index in [4.69, 9.17) is 5.73 Å². The van der Waals surface area contributed by atoms with Crippen LogP contribution in [0.2, 0.25) is 0 Å². The molecule has 1 atom stereocenters. The Hall–Kier alpha value is -0.180. The van der Waals surface area contributed by atoms with Crippen molar-refractivity contribution in [3.63, 3.8) is 0 Å². The molecule has 66 valence electrons. The van der Waals surface area contributed by atoms with Crippen molar-refractivity contribution in [1.29, 1.82) is 0 Å².